The molecule has 4 aliphatic rings. The van der Waals surface area contributed by atoms with Crippen molar-refractivity contribution in [2.45, 2.75) is 63.1 Å². The van der Waals surface area contributed by atoms with Crippen molar-refractivity contribution in [1.29, 1.82) is 0 Å². The van der Waals surface area contributed by atoms with Gasteiger partial charge >= 0.3 is 6.03 Å². The molecule has 3 fully saturated rings. The summed E-state index contributed by atoms with van der Waals surface area (Å²) in [6.45, 7) is 7.78. The number of nitrogens with zero attached hydrogens (tertiary/aromatic N) is 1. The molecule has 0 bridgehead atoms. The van der Waals surface area contributed by atoms with E-state index in [9.17, 15) is 9.59 Å². The van der Waals surface area contributed by atoms with Gasteiger partial charge in [0.15, 0.2) is 0 Å². The van der Waals surface area contributed by atoms with Crippen molar-refractivity contribution < 1.29 is 23.8 Å². The summed E-state index contributed by atoms with van der Waals surface area (Å²) in [4.78, 5) is 26.6. The molecule has 7 heteroatoms. The average molecular weight is 386 g/mol. The minimum Gasteiger partial charge on any atom is -0.492 e. The largest absolute Gasteiger partial charge is 0.492 e. The van der Waals surface area contributed by atoms with Crippen LogP contribution in [0.25, 0.3) is 0 Å². The maximum atomic E-state index is 12.8. The van der Waals surface area contributed by atoms with E-state index in [-0.39, 0.29) is 36.1 Å². The van der Waals surface area contributed by atoms with Crippen LogP contribution in [-0.4, -0.2) is 54.3 Å². The highest BCUT2D eigenvalue weighted by Gasteiger charge is 2.57. The SMILES string of the molecule is Cc1ccc(OC2CC(N3C(=O)N[C@]4(CCOC4)C3=O)C2)c2c1OCC2(C)C. The molecule has 1 saturated carbocycles. The van der Waals surface area contributed by atoms with Crippen LogP contribution in [0.3, 0.4) is 0 Å². The number of imide groups is 1. The standard InChI is InChI=1S/C21H26N2O5/c1-12-4-5-15(16-17(12)27-10-20(16,2)3)28-14-8-13(9-14)23-18(24)21(22-19(23)25)6-7-26-11-21/h4-5,13-14H,6-11H2,1-3H3,(H,22,25)/t13?,14?,21-/m0/s1. The lowest BCUT2D eigenvalue weighted by atomic mass is 9.84. The van der Waals surface area contributed by atoms with E-state index in [1.165, 1.54) is 4.90 Å². The smallest absolute Gasteiger partial charge is 0.325 e. The van der Waals surface area contributed by atoms with Crippen molar-refractivity contribution in [2.24, 2.45) is 0 Å². The van der Waals surface area contributed by atoms with E-state index in [1.807, 2.05) is 19.1 Å². The number of urea groups is 1. The molecule has 7 nitrogen and oxygen atoms in total. The Bertz CT molecular complexity index is 853. The van der Waals surface area contributed by atoms with Crippen LogP contribution in [0.4, 0.5) is 4.79 Å². The van der Waals surface area contributed by atoms with Crippen molar-refractivity contribution in [1.82, 2.24) is 10.2 Å². The van der Waals surface area contributed by atoms with Gasteiger partial charge in [-0.1, -0.05) is 19.9 Å². The first-order chi connectivity index (χ1) is 13.3. The Hall–Kier alpha value is -2.28. The lowest BCUT2D eigenvalue weighted by Gasteiger charge is -2.40. The number of ether oxygens (including phenoxy) is 3. The lowest BCUT2D eigenvalue weighted by Crippen LogP contribution is -2.53. The zero-order valence-corrected chi connectivity index (χ0v) is 16.5. The average Bonchev–Trinajstić information content (AvgIpc) is 3.26. The van der Waals surface area contributed by atoms with Crippen molar-refractivity contribution in [2.75, 3.05) is 19.8 Å². The summed E-state index contributed by atoms with van der Waals surface area (Å²) in [5, 5.41) is 2.85. The van der Waals surface area contributed by atoms with Crippen LogP contribution >= 0.6 is 0 Å². The summed E-state index contributed by atoms with van der Waals surface area (Å²) in [5.41, 5.74) is 1.29. The number of carbonyl (C=O) groups is 2. The van der Waals surface area contributed by atoms with E-state index < -0.39 is 5.54 Å². The second-order valence-electron chi connectivity index (χ2n) is 9.11. The highest BCUT2D eigenvalue weighted by atomic mass is 16.5. The fourth-order valence-electron chi connectivity index (χ4n) is 4.75. The molecule has 1 aliphatic carbocycles. The van der Waals surface area contributed by atoms with E-state index >= 15 is 0 Å². The van der Waals surface area contributed by atoms with Crippen LogP contribution in [0.15, 0.2) is 12.1 Å². The number of benzene rings is 1. The van der Waals surface area contributed by atoms with Gasteiger partial charge in [0, 0.05) is 42.9 Å². The van der Waals surface area contributed by atoms with E-state index in [4.69, 9.17) is 14.2 Å². The van der Waals surface area contributed by atoms with Gasteiger partial charge in [-0.25, -0.2) is 4.79 Å². The number of aryl methyl sites for hydroxylation is 1. The van der Waals surface area contributed by atoms with Crippen LogP contribution < -0.4 is 14.8 Å². The lowest BCUT2D eigenvalue weighted by molar-refractivity contribution is -0.135. The van der Waals surface area contributed by atoms with Crippen molar-refractivity contribution in [3.05, 3.63) is 23.3 Å². The summed E-state index contributed by atoms with van der Waals surface area (Å²) in [6, 6.07) is 3.62. The van der Waals surface area contributed by atoms with E-state index in [1.54, 1.807) is 0 Å². The highest BCUT2D eigenvalue weighted by molar-refractivity contribution is 6.07. The van der Waals surface area contributed by atoms with Crippen LogP contribution in [0, 0.1) is 6.92 Å². The van der Waals surface area contributed by atoms with Crippen LogP contribution in [0.5, 0.6) is 11.5 Å². The Kier molecular flexibility index (Phi) is 3.72. The van der Waals surface area contributed by atoms with Crippen molar-refractivity contribution in [3.8, 4) is 11.5 Å². The summed E-state index contributed by atoms with van der Waals surface area (Å²) >= 11 is 0. The maximum absolute atomic E-state index is 12.8. The number of hydrogen-bond acceptors (Lipinski definition) is 5. The summed E-state index contributed by atoms with van der Waals surface area (Å²) in [5.74, 6) is 1.63. The van der Waals surface area contributed by atoms with Crippen molar-refractivity contribution >= 4 is 11.9 Å². The third kappa shape index (κ3) is 2.45. The van der Waals surface area contributed by atoms with E-state index in [0.29, 0.717) is 32.5 Å². The van der Waals surface area contributed by atoms with Gasteiger partial charge in [0.1, 0.15) is 23.1 Å². The van der Waals surface area contributed by atoms with Gasteiger partial charge < -0.3 is 19.5 Å². The summed E-state index contributed by atoms with van der Waals surface area (Å²) in [7, 11) is 0. The summed E-state index contributed by atoms with van der Waals surface area (Å²) < 4.78 is 17.5. The number of carbonyl (C=O) groups excluding carboxylic acids is 2. The number of hydrogen-bond donors (Lipinski definition) is 1. The van der Waals surface area contributed by atoms with Gasteiger partial charge in [-0.3, -0.25) is 9.69 Å². The number of rotatable bonds is 3. The Labute approximate surface area is 164 Å². The summed E-state index contributed by atoms with van der Waals surface area (Å²) in [6.07, 6.45) is 1.84. The highest BCUT2D eigenvalue weighted by Crippen LogP contribution is 2.47. The Morgan fingerprint density at radius 2 is 2.00 bits per heavy atom. The van der Waals surface area contributed by atoms with Gasteiger partial charge in [-0.2, -0.15) is 0 Å². The second kappa shape index (κ2) is 5.86. The van der Waals surface area contributed by atoms with Crippen LogP contribution in [0.2, 0.25) is 0 Å². The van der Waals surface area contributed by atoms with Gasteiger partial charge in [-0.15, -0.1) is 0 Å². The number of fused-ring (bicyclic) bond motifs is 1. The first kappa shape index (κ1) is 17.8. The fraction of sp³-hybridized carbons (Fsp3) is 0.619. The Balaban J connectivity index is 1.29. The molecule has 3 aliphatic heterocycles. The predicted octanol–water partition coefficient (Wildman–Crippen LogP) is 2.29. The van der Waals surface area contributed by atoms with Crippen LogP contribution in [-0.2, 0) is 14.9 Å². The molecule has 1 aromatic rings. The molecule has 1 spiro atoms. The molecule has 5 rings (SSSR count). The zero-order chi connectivity index (χ0) is 19.7. The first-order valence-corrected chi connectivity index (χ1v) is 9.98. The maximum Gasteiger partial charge on any atom is 0.325 e. The molecule has 2 saturated heterocycles. The van der Waals surface area contributed by atoms with Crippen LogP contribution in [0.1, 0.15) is 44.2 Å². The molecule has 150 valence electrons. The minimum absolute atomic E-state index is 0.00909. The van der Waals surface area contributed by atoms with Gasteiger partial charge in [0.05, 0.1) is 13.2 Å². The number of nitrogens with one attached hydrogen (secondary N) is 1. The molecule has 1 aromatic carbocycles. The van der Waals surface area contributed by atoms with E-state index in [2.05, 4.69) is 19.2 Å². The molecule has 28 heavy (non-hydrogen) atoms. The zero-order valence-electron chi connectivity index (χ0n) is 16.5. The van der Waals surface area contributed by atoms with Crippen molar-refractivity contribution in [3.63, 3.8) is 0 Å². The van der Waals surface area contributed by atoms with E-state index in [0.717, 1.165) is 22.6 Å². The molecule has 0 radical (unpaired) electrons. The predicted molar refractivity (Wildman–Crippen MR) is 101 cm³/mol. The Morgan fingerprint density at radius 1 is 1.21 bits per heavy atom. The normalized spacial score (nSPS) is 32.9. The molecule has 0 aromatic heterocycles. The molecule has 0 unspecified atom stereocenters. The van der Waals surface area contributed by atoms with Gasteiger partial charge in [-0.05, 0) is 18.6 Å². The molecule has 1 N–H and O–H groups in total. The monoisotopic (exact) mass is 386 g/mol. The number of amides is 3. The molecular weight excluding hydrogens is 360 g/mol. The fourth-order valence-corrected chi connectivity index (χ4v) is 4.75. The topological polar surface area (TPSA) is 77.1 Å². The molecule has 3 amide bonds. The first-order valence-electron chi connectivity index (χ1n) is 9.98. The quantitative estimate of drug-likeness (QED) is 0.807. The van der Waals surface area contributed by atoms with Gasteiger partial charge in [0.2, 0.25) is 0 Å². The third-order valence-corrected chi connectivity index (χ3v) is 6.51. The molecular formula is C21H26N2O5. The molecule has 3 heterocycles. The Morgan fingerprint density at radius 3 is 2.71 bits per heavy atom. The third-order valence-electron chi connectivity index (χ3n) is 6.51. The van der Waals surface area contributed by atoms with Gasteiger partial charge in [0.25, 0.3) is 5.91 Å². The second-order valence-corrected chi connectivity index (χ2v) is 9.11. The minimum atomic E-state index is -0.845. The molecule has 1 atom stereocenters.